The van der Waals surface area contributed by atoms with Gasteiger partial charge in [0.05, 0.1) is 17.3 Å². The first-order chi connectivity index (χ1) is 22.6. The fourth-order valence-corrected chi connectivity index (χ4v) is 9.25. The summed E-state index contributed by atoms with van der Waals surface area (Å²) >= 11 is 3.94. The summed E-state index contributed by atoms with van der Waals surface area (Å²) in [6.45, 7) is 30.7. The summed E-state index contributed by atoms with van der Waals surface area (Å²) < 4.78 is 6.52. The number of thioether (sulfide) groups is 2. The van der Waals surface area contributed by atoms with Crippen LogP contribution in [0.5, 0.6) is 11.5 Å². The van der Waals surface area contributed by atoms with E-state index in [0.29, 0.717) is 25.4 Å². The maximum atomic E-state index is 11.5. The second-order valence-corrected chi connectivity index (χ2v) is 20.7. The molecule has 0 amide bonds. The van der Waals surface area contributed by atoms with Gasteiger partial charge in [0.25, 0.3) is 0 Å². The molecule has 49 heavy (non-hydrogen) atoms. The van der Waals surface area contributed by atoms with E-state index in [1.807, 2.05) is 23.5 Å². The van der Waals surface area contributed by atoms with Crippen molar-refractivity contribution in [3.63, 3.8) is 0 Å². The van der Waals surface area contributed by atoms with Crippen molar-refractivity contribution in [3.8, 4) is 11.5 Å². The Hall–Kier alpha value is -2.13. The lowest BCUT2D eigenvalue weighted by molar-refractivity contribution is 0.171. The molecule has 1 fully saturated rings. The molecule has 0 radical (unpaired) electrons. The third kappa shape index (κ3) is 11.4. The number of allylic oxidation sites excluding steroid dienone is 1. The lowest BCUT2D eigenvalue weighted by Gasteiger charge is -2.41. The molecule has 1 saturated heterocycles. The van der Waals surface area contributed by atoms with E-state index in [-0.39, 0.29) is 32.3 Å². The summed E-state index contributed by atoms with van der Waals surface area (Å²) in [5, 5.41) is 21.2. The average molecular weight is 712 g/mol. The molecule has 0 aromatic heterocycles. The van der Waals surface area contributed by atoms with Gasteiger partial charge in [0, 0.05) is 70.9 Å². The van der Waals surface area contributed by atoms with Crippen LogP contribution in [0.4, 0.5) is 0 Å². The molecule has 1 aliphatic rings. The topological polar surface area (TPSA) is 91.3 Å². The molecule has 0 atom stereocenters. The lowest BCUT2D eigenvalue weighted by atomic mass is 9.79. The van der Waals surface area contributed by atoms with Crippen molar-refractivity contribution in [2.45, 2.75) is 138 Å². The number of nitrogens with zero attached hydrogens (tertiary/aromatic N) is 2. The number of ether oxygens (including phenoxy) is 1. The Balaban J connectivity index is 2.12. The van der Waals surface area contributed by atoms with Crippen LogP contribution in [0.3, 0.4) is 0 Å². The fourth-order valence-electron chi connectivity index (χ4n) is 6.17. The van der Waals surface area contributed by atoms with Gasteiger partial charge in [-0.15, -0.1) is 23.5 Å². The molecule has 0 aliphatic carbocycles. The van der Waals surface area contributed by atoms with Crippen LogP contribution in [0.1, 0.15) is 125 Å². The van der Waals surface area contributed by atoms with Crippen LogP contribution >= 0.6 is 23.5 Å². The van der Waals surface area contributed by atoms with Crippen LogP contribution in [0.2, 0.25) is 0 Å². The van der Waals surface area contributed by atoms with Crippen LogP contribution < -0.4 is 10.5 Å². The molecule has 274 valence electrons. The summed E-state index contributed by atoms with van der Waals surface area (Å²) in [4.78, 5) is 9.25. The molecule has 8 heteroatoms. The molecule has 1 heterocycles. The van der Waals surface area contributed by atoms with Gasteiger partial charge in [-0.05, 0) is 71.0 Å². The standard InChI is InChI=1S/C41H65N3O3S2/c1-37(2,3)31-25-29(26-32(35(31)46)38(4,5)6)48-41(15-20-44(21-16-41)22-23-45)49-30-27-33(39(7,8)9)36(34(28-30)40(10,11)12)47-24-14-19-43-18-13-17-42/h13,17-18,25-28,45-46H,14-16,19-24,42H2,1-12H3. The Labute approximate surface area is 306 Å². The first-order valence-corrected chi connectivity index (χ1v) is 19.5. The highest BCUT2D eigenvalue weighted by molar-refractivity contribution is 8.18. The minimum Gasteiger partial charge on any atom is -0.507 e. The van der Waals surface area contributed by atoms with Gasteiger partial charge in [-0.2, -0.15) is 0 Å². The van der Waals surface area contributed by atoms with Gasteiger partial charge in [0.2, 0.25) is 0 Å². The van der Waals surface area contributed by atoms with Crippen molar-refractivity contribution in [1.82, 2.24) is 4.90 Å². The molecule has 0 unspecified atom stereocenters. The Morgan fingerprint density at radius 1 is 0.796 bits per heavy atom. The molecular formula is C41H65N3O3S2. The number of rotatable bonds is 12. The molecule has 0 saturated carbocycles. The highest BCUT2D eigenvalue weighted by Crippen LogP contribution is 2.55. The van der Waals surface area contributed by atoms with E-state index in [4.69, 9.17) is 10.5 Å². The smallest absolute Gasteiger partial charge is 0.126 e. The van der Waals surface area contributed by atoms with Crippen molar-refractivity contribution in [2.75, 3.05) is 39.4 Å². The maximum Gasteiger partial charge on any atom is 0.126 e. The van der Waals surface area contributed by atoms with Crippen molar-refractivity contribution in [2.24, 2.45) is 10.7 Å². The number of benzene rings is 2. The minimum absolute atomic E-state index is 0.124. The zero-order valence-electron chi connectivity index (χ0n) is 32.5. The van der Waals surface area contributed by atoms with Crippen molar-refractivity contribution in [3.05, 3.63) is 58.8 Å². The quantitative estimate of drug-likeness (QED) is 0.115. The van der Waals surface area contributed by atoms with Crippen LogP contribution in [-0.2, 0) is 21.7 Å². The number of phenols is 1. The number of phenolic OH excluding ortho intramolecular Hbond substituents is 1. The van der Waals surface area contributed by atoms with Gasteiger partial charge in [-0.25, -0.2) is 0 Å². The van der Waals surface area contributed by atoms with Crippen LogP contribution in [0, 0.1) is 0 Å². The van der Waals surface area contributed by atoms with Crippen molar-refractivity contribution < 1.29 is 14.9 Å². The van der Waals surface area contributed by atoms with Crippen LogP contribution in [0.25, 0.3) is 0 Å². The van der Waals surface area contributed by atoms with Gasteiger partial charge >= 0.3 is 0 Å². The lowest BCUT2D eigenvalue weighted by Crippen LogP contribution is -2.41. The van der Waals surface area contributed by atoms with E-state index >= 15 is 0 Å². The highest BCUT2D eigenvalue weighted by atomic mass is 32.2. The summed E-state index contributed by atoms with van der Waals surface area (Å²) in [5.41, 5.74) is 9.22. The Bertz CT molecular complexity index is 1380. The molecule has 1 aliphatic heterocycles. The third-order valence-corrected chi connectivity index (χ3v) is 12.0. The molecule has 3 rings (SSSR count). The number of β-amino-alcohol motifs (C(OH)–C–C–N with tert-alkyl or cyclic N) is 1. The number of aromatic hydroxyl groups is 1. The summed E-state index contributed by atoms with van der Waals surface area (Å²) in [6.07, 6.45) is 7.74. The van der Waals surface area contributed by atoms with Gasteiger partial charge in [0.1, 0.15) is 11.5 Å². The summed E-state index contributed by atoms with van der Waals surface area (Å²) in [5.74, 6) is 1.42. The number of hydrogen-bond donors (Lipinski definition) is 3. The molecule has 6 nitrogen and oxygen atoms in total. The molecular weight excluding hydrogens is 647 g/mol. The molecule has 0 bridgehead atoms. The molecule has 2 aromatic rings. The van der Waals surface area contributed by atoms with E-state index < -0.39 is 0 Å². The predicted molar refractivity (Wildman–Crippen MR) is 213 cm³/mol. The Morgan fingerprint density at radius 3 is 1.65 bits per heavy atom. The van der Waals surface area contributed by atoms with E-state index in [1.54, 1.807) is 12.3 Å². The average Bonchev–Trinajstić information content (AvgIpc) is 2.97. The Morgan fingerprint density at radius 2 is 1.24 bits per heavy atom. The number of nitrogens with two attached hydrogens (primary N) is 1. The first-order valence-electron chi connectivity index (χ1n) is 17.9. The van der Waals surface area contributed by atoms with Gasteiger partial charge in [0.15, 0.2) is 0 Å². The number of piperidine rings is 1. The van der Waals surface area contributed by atoms with E-state index in [0.717, 1.165) is 49.2 Å². The normalized spacial score (nSPS) is 16.6. The number of hydrogen-bond acceptors (Lipinski definition) is 8. The van der Waals surface area contributed by atoms with Crippen LogP contribution in [0.15, 0.2) is 51.3 Å². The van der Waals surface area contributed by atoms with E-state index in [1.165, 1.54) is 27.1 Å². The van der Waals surface area contributed by atoms with Crippen molar-refractivity contribution in [1.29, 1.82) is 0 Å². The van der Waals surface area contributed by atoms with Gasteiger partial charge < -0.3 is 25.6 Å². The number of likely N-dealkylation sites (tertiary alicyclic amines) is 1. The molecule has 0 spiro atoms. The third-order valence-electron chi connectivity index (χ3n) is 9.00. The van der Waals surface area contributed by atoms with Crippen LogP contribution in [-0.4, -0.2) is 64.8 Å². The largest absolute Gasteiger partial charge is 0.507 e. The SMILES string of the molecule is CC(C)(C)c1cc(SC2(Sc3cc(C(C)(C)C)c(OCCCN=CC=CN)c(C(C)(C)C)c3)CCN(CCO)CC2)cc(C(C)(C)C)c1O. The number of aliphatic imine (C=N–C) groups is 1. The zero-order valence-corrected chi connectivity index (χ0v) is 34.1. The summed E-state index contributed by atoms with van der Waals surface area (Å²) in [6, 6.07) is 9.21. The first kappa shape index (κ1) is 41.3. The second-order valence-electron chi connectivity index (χ2n) is 17.5. The molecule has 4 N–H and O–H groups in total. The minimum atomic E-state index is -0.196. The monoisotopic (exact) mass is 711 g/mol. The van der Waals surface area contributed by atoms with Crippen molar-refractivity contribution >= 4 is 29.7 Å². The van der Waals surface area contributed by atoms with Gasteiger partial charge in [-0.3, -0.25) is 4.99 Å². The van der Waals surface area contributed by atoms with E-state index in [9.17, 15) is 10.2 Å². The summed E-state index contributed by atoms with van der Waals surface area (Å²) in [7, 11) is 0. The highest BCUT2D eigenvalue weighted by Gasteiger charge is 2.39. The van der Waals surface area contributed by atoms with Gasteiger partial charge in [-0.1, -0.05) is 83.1 Å². The van der Waals surface area contributed by atoms with E-state index in [2.05, 4.69) is 117 Å². The zero-order chi connectivity index (χ0) is 36.8. The fraction of sp³-hybridized carbons (Fsp3) is 0.634. The second kappa shape index (κ2) is 16.5. The predicted octanol–water partition coefficient (Wildman–Crippen LogP) is 9.56. The molecule has 2 aromatic carbocycles. The number of aliphatic hydroxyl groups is 1. The Kier molecular flexibility index (Phi) is 13.9. The number of aliphatic hydroxyl groups excluding tert-OH is 1. The maximum absolute atomic E-state index is 11.5.